The van der Waals surface area contributed by atoms with Crippen molar-refractivity contribution in [2.45, 2.75) is 65.3 Å². The van der Waals surface area contributed by atoms with E-state index in [1.165, 1.54) is 6.92 Å². The number of hydrogen-bond acceptors (Lipinski definition) is 6. The van der Waals surface area contributed by atoms with E-state index in [2.05, 4.69) is 60.1 Å². The Balaban J connectivity index is 1.62. The summed E-state index contributed by atoms with van der Waals surface area (Å²) in [5.41, 5.74) is 6.57. The highest BCUT2D eigenvalue weighted by atomic mass is 16.5. The van der Waals surface area contributed by atoms with Crippen LogP contribution in [-0.2, 0) is 14.4 Å². The number of carbonyl (C=O) groups is 3. The van der Waals surface area contributed by atoms with Gasteiger partial charge >= 0.3 is 5.97 Å². The minimum atomic E-state index is -0.509. The molecule has 7 nitrogen and oxygen atoms in total. The average Bonchev–Trinajstić information content (AvgIpc) is 3.07. The van der Waals surface area contributed by atoms with Gasteiger partial charge in [-0.3, -0.25) is 19.3 Å². The fourth-order valence-corrected chi connectivity index (χ4v) is 6.46. The number of Topliss-reactive ketones (excluding diaryl/α,β-unsaturated/α-hetero) is 1. The molecule has 1 aliphatic heterocycles. The van der Waals surface area contributed by atoms with Gasteiger partial charge in [-0.15, -0.1) is 0 Å². The maximum atomic E-state index is 14.2. The Morgan fingerprint density at radius 1 is 0.878 bits per heavy atom. The van der Waals surface area contributed by atoms with Crippen LogP contribution in [0.15, 0.2) is 83.3 Å². The Kier molecular flexibility index (Phi) is 8.15. The van der Waals surface area contributed by atoms with Crippen LogP contribution in [0, 0.1) is 0 Å². The second-order valence-corrected chi connectivity index (χ2v) is 10.9. The number of benzene rings is 2. The first-order chi connectivity index (χ1) is 19.7. The second-order valence-electron chi connectivity index (χ2n) is 10.9. The summed E-state index contributed by atoms with van der Waals surface area (Å²) >= 11 is 0. The molecule has 2 atom stereocenters. The third-order valence-corrected chi connectivity index (χ3v) is 8.43. The van der Waals surface area contributed by atoms with Gasteiger partial charge in [0.2, 0.25) is 5.91 Å². The summed E-state index contributed by atoms with van der Waals surface area (Å²) in [6, 6.07) is 15.3. The Morgan fingerprint density at radius 3 is 2.07 bits per heavy atom. The summed E-state index contributed by atoms with van der Waals surface area (Å²) in [6.07, 6.45) is 7.06. The zero-order chi connectivity index (χ0) is 29.3. The van der Waals surface area contributed by atoms with E-state index in [4.69, 9.17) is 4.74 Å². The van der Waals surface area contributed by atoms with E-state index in [1.807, 2.05) is 24.1 Å². The van der Waals surface area contributed by atoms with Crippen LogP contribution < -0.4 is 9.64 Å². The highest BCUT2D eigenvalue weighted by Gasteiger charge is 2.43. The summed E-state index contributed by atoms with van der Waals surface area (Å²) < 4.78 is 5.21. The molecule has 0 spiro atoms. The predicted octanol–water partition coefficient (Wildman–Crippen LogP) is 6.26. The van der Waals surface area contributed by atoms with Gasteiger partial charge in [0.05, 0.1) is 17.4 Å². The van der Waals surface area contributed by atoms with Gasteiger partial charge in [-0.25, -0.2) is 0 Å². The van der Waals surface area contributed by atoms with Crippen LogP contribution >= 0.6 is 0 Å². The Labute approximate surface area is 242 Å². The number of likely N-dealkylation sites (N-methyl/N-ethyl adjacent to an activating group) is 1. The smallest absolute Gasteiger partial charge is 0.308 e. The zero-order valence-corrected chi connectivity index (χ0v) is 24.6. The zero-order valence-electron chi connectivity index (χ0n) is 24.6. The van der Waals surface area contributed by atoms with Crippen molar-refractivity contribution in [3.05, 3.63) is 94.5 Å². The summed E-state index contributed by atoms with van der Waals surface area (Å²) in [4.78, 5) is 45.2. The number of ketones is 1. The minimum Gasteiger partial charge on any atom is -0.427 e. The molecule has 1 heterocycles. The fourth-order valence-electron chi connectivity index (χ4n) is 6.46. The Bertz CT molecular complexity index is 1430. The van der Waals surface area contributed by atoms with E-state index < -0.39 is 6.04 Å². The fraction of sp³-hybridized carbons (Fsp3) is 0.382. The minimum absolute atomic E-state index is 0.0266. The molecule has 1 amide bonds. The van der Waals surface area contributed by atoms with E-state index in [1.54, 1.807) is 19.1 Å². The topological polar surface area (TPSA) is 70.2 Å². The van der Waals surface area contributed by atoms with Crippen LogP contribution in [0.2, 0.25) is 0 Å². The molecule has 0 saturated heterocycles. The average molecular weight is 554 g/mol. The van der Waals surface area contributed by atoms with Crippen molar-refractivity contribution in [1.29, 1.82) is 0 Å². The van der Waals surface area contributed by atoms with Crippen LogP contribution in [0.3, 0.4) is 0 Å². The van der Waals surface area contributed by atoms with E-state index in [9.17, 15) is 14.4 Å². The molecule has 0 bridgehead atoms. The van der Waals surface area contributed by atoms with Crippen LogP contribution in [0.25, 0.3) is 0 Å². The van der Waals surface area contributed by atoms with Crippen molar-refractivity contribution in [2.24, 2.45) is 0 Å². The number of ether oxygens (including phenoxy) is 1. The van der Waals surface area contributed by atoms with Gasteiger partial charge < -0.3 is 14.5 Å². The van der Waals surface area contributed by atoms with Gasteiger partial charge in [-0.05, 0) is 74.4 Å². The molecule has 0 saturated carbocycles. The molecule has 2 aromatic carbocycles. The lowest BCUT2D eigenvalue weighted by Gasteiger charge is -2.35. The molecular weight excluding hydrogens is 514 g/mol. The van der Waals surface area contributed by atoms with Crippen molar-refractivity contribution < 1.29 is 19.1 Å². The van der Waals surface area contributed by atoms with E-state index in [-0.39, 0.29) is 23.6 Å². The van der Waals surface area contributed by atoms with Crippen molar-refractivity contribution >= 4 is 23.3 Å². The first kappa shape index (κ1) is 28.4. The number of amides is 1. The van der Waals surface area contributed by atoms with Gasteiger partial charge in [0.15, 0.2) is 5.78 Å². The number of esters is 1. The molecule has 2 aliphatic carbocycles. The summed E-state index contributed by atoms with van der Waals surface area (Å²) in [6.45, 7) is 9.05. The molecule has 0 N–H and O–H groups in total. The number of nitrogens with zero attached hydrogens (tertiary/aromatic N) is 3. The van der Waals surface area contributed by atoms with Crippen LogP contribution in [0.4, 0.5) is 5.69 Å². The molecule has 0 aromatic heterocycles. The van der Waals surface area contributed by atoms with Crippen LogP contribution in [-0.4, -0.2) is 47.6 Å². The first-order valence-corrected chi connectivity index (χ1v) is 14.6. The Hall–Kier alpha value is -4.13. The second kappa shape index (κ2) is 11.8. The normalized spacial score (nSPS) is 20.5. The van der Waals surface area contributed by atoms with Crippen molar-refractivity contribution in [1.82, 2.24) is 9.80 Å². The number of hydrogen-bond donors (Lipinski definition) is 0. The van der Waals surface area contributed by atoms with Gasteiger partial charge in [-0.1, -0.05) is 36.4 Å². The van der Waals surface area contributed by atoms with Gasteiger partial charge in [0.1, 0.15) is 5.75 Å². The number of allylic oxidation sites excluding steroid dienone is 3. The molecule has 41 heavy (non-hydrogen) atoms. The number of carbonyl (C=O) groups excluding carboxylic acids is 3. The monoisotopic (exact) mass is 553 g/mol. The van der Waals surface area contributed by atoms with E-state index in [0.717, 1.165) is 59.8 Å². The lowest BCUT2D eigenvalue weighted by atomic mass is 9.78. The molecule has 214 valence electrons. The van der Waals surface area contributed by atoms with Crippen molar-refractivity contribution in [2.75, 3.05) is 25.0 Å². The summed E-state index contributed by atoms with van der Waals surface area (Å²) in [7, 11) is 2.02. The van der Waals surface area contributed by atoms with E-state index >= 15 is 0 Å². The molecule has 3 aliphatic rings. The lowest BCUT2D eigenvalue weighted by Crippen LogP contribution is -2.36. The molecule has 2 unspecified atom stereocenters. The maximum absolute atomic E-state index is 14.2. The molecule has 7 heteroatoms. The standard InChI is InChI=1S/C34H39N3O4/c1-6-36(7-2)27-16-12-25(13-17-27)34-33-31(35(5)29-10-8-9-11-30(29)37(34)22(3)38)20-26(21-32(33)40)24-14-18-28(19-15-24)41-23(4)39/h10-19,26,34H,6-9,20-21H2,1-5H3. The molecule has 0 fully saturated rings. The Morgan fingerprint density at radius 2 is 1.49 bits per heavy atom. The predicted molar refractivity (Wildman–Crippen MR) is 160 cm³/mol. The van der Waals surface area contributed by atoms with Crippen molar-refractivity contribution in [3.8, 4) is 5.75 Å². The first-order valence-electron chi connectivity index (χ1n) is 14.6. The summed E-state index contributed by atoms with van der Waals surface area (Å²) in [5, 5.41) is 0. The maximum Gasteiger partial charge on any atom is 0.308 e. The van der Waals surface area contributed by atoms with Gasteiger partial charge in [0, 0.05) is 57.4 Å². The van der Waals surface area contributed by atoms with Crippen molar-refractivity contribution in [3.63, 3.8) is 0 Å². The molecule has 5 rings (SSSR count). The molecular formula is C34H39N3O4. The number of rotatable bonds is 6. The quantitative estimate of drug-likeness (QED) is 0.311. The molecule has 2 aromatic rings. The van der Waals surface area contributed by atoms with Gasteiger partial charge in [0.25, 0.3) is 0 Å². The van der Waals surface area contributed by atoms with E-state index in [0.29, 0.717) is 24.2 Å². The molecule has 0 radical (unpaired) electrons. The lowest BCUT2D eigenvalue weighted by molar-refractivity contribution is -0.132. The van der Waals surface area contributed by atoms with Crippen LogP contribution in [0.1, 0.15) is 76.5 Å². The number of anilines is 1. The van der Waals surface area contributed by atoms with Gasteiger partial charge in [-0.2, -0.15) is 0 Å². The SMILES string of the molecule is CCN(CC)c1ccc(C2C3=C(CC(c4ccc(OC(C)=O)cc4)CC3=O)N(C)C3=CCCC=C3N2C(C)=O)cc1. The third kappa shape index (κ3) is 5.45. The highest BCUT2D eigenvalue weighted by molar-refractivity contribution is 6.00. The largest absolute Gasteiger partial charge is 0.427 e. The number of fused-ring (bicyclic) bond motifs is 1. The van der Waals surface area contributed by atoms with Crippen LogP contribution in [0.5, 0.6) is 5.75 Å². The third-order valence-electron chi connectivity index (χ3n) is 8.43. The summed E-state index contributed by atoms with van der Waals surface area (Å²) in [5.74, 6) is 0.0657. The highest BCUT2D eigenvalue weighted by Crippen LogP contribution is 2.48.